The average Bonchev–Trinajstić information content (AvgIpc) is 3.56. The number of benzene rings is 2. The summed E-state index contributed by atoms with van der Waals surface area (Å²) in [7, 11) is 1.72. The molecule has 4 heterocycles. The molecule has 4 aromatic rings. The minimum Gasteiger partial charge on any atom is -0.494 e. The molecule has 3 saturated carbocycles. The van der Waals surface area contributed by atoms with Gasteiger partial charge in [-0.1, -0.05) is 18.2 Å². The molecule has 1 amide bonds. The standard InChI is InChI=1S/C32H35N5O2/c1-39-28-12-22(32(38)36-17-23-8-21-11-26(36)29(21)23)9-24-30(28)37(16-19-13-33-14-19)31(34-24)27-10-20-4-2-3-5-25(20)35(27)15-18-6-7-18/h2-5,9-10,12,18-19,21,23,26,29,33H,6-8,11,13-17H2,1H3/t21?,23?,26?,29-/m1/s1. The Hall–Kier alpha value is -3.32. The molecule has 4 atom stereocenters. The molecule has 2 aromatic carbocycles. The Morgan fingerprint density at radius 3 is 2.62 bits per heavy atom. The number of likely N-dealkylation sites (tertiary alicyclic amines) is 1. The molecule has 7 nitrogen and oxygen atoms in total. The molecule has 2 aliphatic heterocycles. The Morgan fingerprint density at radius 2 is 1.87 bits per heavy atom. The number of rotatable bonds is 7. The lowest BCUT2D eigenvalue weighted by atomic mass is 9.53. The summed E-state index contributed by atoms with van der Waals surface area (Å²) in [6, 6.07) is 15.4. The van der Waals surface area contributed by atoms with Crippen LogP contribution in [0.1, 0.15) is 36.0 Å². The van der Waals surface area contributed by atoms with Gasteiger partial charge in [0.1, 0.15) is 11.3 Å². The van der Waals surface area contributed by atoms with Crippen LogP contribution in [0.5, 0.6) is 5.75 Å². The number of nitrogens with one attached hydrogen (secondary N) is 1. The lowest BCUT2D eigenvalue weighted by Gasteiger charge is -2.52. The van der Waals surface area contributed by atoms with E-state index in [1.807, 2.05) is 12.1 Å². The highest BCUT2D eigenvalue weighted by Crippen LogP contribution is 2.60. The Bertz CT molecular complexity index is 1640. The second-order valence-electron chi connectivity index (χ2n) is 12.9. The van der Waals surface area contributed by atoms with E-state index in [0.29, 0.717) is 17.5 Å². The van der Waals surface area contributed by atoms with Crippen LogP contribution in [0.25, 0.3) is 33.5 Å². The van der Waals surface area contributed by atoms with Crippen LogP contribution in [0.4, 0.5) is 0 Å². The third-order valence-electron chi connectivity index (χ3n) is 10.5. The van der Waals surface area contributed by atoms with E-state index in [2.05, 4.69) is 49.7 Å². The Morgan fingerprint density at radius 1 is 1.03 bits per heavy atom. The van der Waals surface area contributed by atoms with Gasteiger partial charge in [0.25, 0.3) is 5.91 Å². The van der Waals surface area contributed by atoms with Gasteiger partial charge in [-0.25, -0.2) is 4.98 Å². The number of carbonyl (C=O) groups is 1. The second-order valence-corrected chi connectivity index (χ2v) is 12.9. The summed E-state index contributed by atoms with van der Waals surface area (Å²) >= 11 is 0. The fourth-order valence-electron chi connectivity index (χ4n) is 8.13. The number of carbonyl (C=O) groups excluding carboxylic acids is 1. The molecule has 0 bridgehead atoms. The van der Waals surface area contributed by atoms with Crippen molar-refractivity contribution in [1.29, 1.82) is 0 Å². The van der Waals surface area contributed by atoms with Crippen LogP contribution in [-0.2, 0) is 13.1 Å². The molecule has 7 heteroatoms. The third kappa shape index (κ3) is 3.25. The van der Waals surface area contributed by atoms with Crippen molar-refractivity contribution in [2.75, 3.05) is 26.7 Å². The summed E-state index contributed by atoms with van der Waals surface area (Å²) in [5.41, 5.74) is 5.01. The number of amides is 1. The van der Waals surface area contributed by atoms with E-state index in [1.54, 1.807) is 7.11 Å². The molecule has 2 saturated heterocycles. The van der Waals surface area contributed by atoms with Crippen molar-refractivity contribution < 1.29 is 9.53 Å². The predicted molar refractivity (Wildman–Crippen MR) is 151 cm³/mol. The zero-order valence-corrected chi connectivity index (χ0v) is 22.5. The minimum absolute atomic E-state index is 0.148. The molecular weight excluding hydrogens is 486 g/mol. The lowest BCUT2D eigenvalue weighted by Crippen LogP contribution is -2.53. The number of methoxy groups -OCH3 is 1. The summed E-state index contributed by atoms with van der Waals surface area (Å²) in [4.78, 5) is 21.3. The summed E-state index contributed by atoms with van der Waals surface area (Å²) in [6.07, 6.45) is 5.10. The molecule has 3 unspecified atom stereocenters. The lowest BCUT2D eigenvalue weighted by molar-refractivity contribution is -0.0204. The number of hydrogen-bond acceptors (Lipinski definition) is 4. The summed E-state index contributed by atoms with van der Waals surface area (Å²) < 4.78 is 10.9. The highest BCUT2D eigenvalue weighted by molar-refractivity contribution is 6.00. The molecule has 39 heavy (non-hydrogen) atoms. The molecular formula is C32H35N5O2. The molecule has 2 aromatic heterocycles. The molecule has 3 aliphatic carbocycles. The average molecular weight is 522 g/mol. The van der Waals surface area contributed by atoms with E-state index in [-0.39, 0.29) is 5.91 Å². The number of para-hydroxylation sites is 1. The number of fused-ring (bicyclic) bond motifs is 2. The molecule has 0 spiro atoms. The van der Waals surface area contributed by atoms with Crippen LogP contribution in [0.3, 0.4) is 0 Å². The number of aromatic nitrogens is 3. The van der Waals surface area contributed by atoms with Gasteiger partial charge < -0.3 is 24.1 Å². The first-order valence-electron chi connectivity index (χ1n) is 14.8. The SMILES string of the molecule is COc1cc(C(=O)N2CC3CC4CC2[C@H]43)cc2nc(-c3cc4ccccc4n3CC3CC3)n(CC3CNC3)c12. The maximum atomic E-state index is 13.8. The van der Waals surface area contributed by atoms with Crippen molar-refractivity contribution in [1.82, 2.24) is 24.3 Å². The van der Waals surface area contributed by atoms with E-state index in [0.717, 1.165) is 84.7 Å². The minimum atomic E-state index is 0.148. The van der Waals surface area contributed by atoms with Crippen LogP contribution in [0.2, 0.25) is 0 Å². The molecule has 5 aliphatic rings. The van der Waals surface area contributed by atoms with Gasteiger partial charge in [-0.2, -0.15) is 0 Å². The number of hydrogen-bond donors (Lipinski definition) is 1. The molecule has 0 radical (unpaired) electrons. The van der Waals surface area contributed by atoms with Crippen LogP contribution >= 0.6 is 0 Å². The first-order chi connectivity index (χ1) is 19.2. The van der Waals surface area contributed by atoms with Crippen molar-refractivity contribution >= 4 is 27.8 Å². The maximum Gasteiger partial charge on any atom is 0.254 e. The van der Waals surface area contributed by atoms with Crippen LogP contribution < -0.4 is 10.1 Å². The van der Waals surface area contributed by atoms with E-state index >= 15 is 0 Å². The predicted octanol–water partition coefficient (Wildman–Crippen LogP) is 4.78. The smallest absolute Gasteiger partial charge is 0.254 e. The maximum absolute atomic E-state index is 13.8. The quantitative estimate of drug-likeness (QED) is 0.380. The first kappa shape index (κ1) is 22.5. The van der Waals surface area contributed by atoms with Gasteiger partial charge in [-0.3, -0.25) is 4.79 Å². The fourth-order valence-corrected chi connectivity index (χ4v) is 8.13. The third-order valence-corrected chi connectivity index (χ3v) is 10.5. The molecule has 9 rings (SSSR count). The van der Waals surface area contributed by atoms with Gasteiger partial charge in [0.2, 0.25) is 0 Å². The highest BCUT2D eigenvalue weighted by Gasteiger charge is 2.61. The van der Waals surface area contributed by atoms with E-state index in [1.165, 1.54) is 36.6 Å². The zero-order chi connectivity index (χ0) is 25.8. The summed E-state index contributed by atoms with van der Waals surface area (Å²) in [5.74, 6) is 5.53. The van der Waals surface area contributed by atoms with E-state index in [9.17, 15) is 4.79 Å². The Balaban J connectivity index is 1.20. The number of imidazole rings is 1. The number of nitrogens with zero attached hydrogens (tertiary/aromatic N) is 4. The van der Waals surface area contributed by atoms with Crippen molar-refractivity contribution in [3.63, 3.8) is 0 Å². The molecule has 5 fully saturated rings. The van der Waals surface area contributed by atoms with Crippen molar-refractivity contribution in [3.05, 3.63) is 48.0 Å². The Kier molecular flexibility index (Phi) is 4.67. The van der Waals surface area contributed by atoms with Crippen LogP contribution in [0, 0.1) is 29.6 Å². The normalized spacial score (nSPS) is 27.4. The van der Waals surface area contributed by atoms with Gasteiger partial charge >= 0.3 is 0 Å². The van der Waals surface area contributed by atoms with Crippen LogP contribution in [-0.4, -0.2) is 57.7 Å². The summed E-state index contributed by atoms with van der Waals surface area (Å²) in [6.45, 7) is 4.86. The van der Waals surface area contributed by atoms with Gasteiger partial charge in [0.05, 0.1) is 18.3 Å². The van der Waals surface area contributed by atoms with Crippen molar-refractivity contribution in [2.45, 2.75) is 44.8 Å². The van der Waals surface area contributed by atoms with Crippen molar-refractivity contribution in [2.24, 2.45) is 29.6 Å². The van der Waals surface area contributed by atoms with Gasteiger partial charge in [0.15, 0.2) is 5.82 Å². The van der Waals surface area contributed by atoms with Gasteiger partial charge in [-0.05, 0) is 73.6 Å². The fraction of sp³-hybridized carbons (Fsp3) is 0.500. The van der Waals surface area contributed by atoms with Crippen LogP contribution in [0.15, 0.2) is 42.5 Å². The van der Waals surface area contributed by atoms with Gasteiger partial charge in [0, 0.05) is 61.1 Å². The monoisotopic (exact) mass is 521 g/mol. The van der Waals surface area contributed by atoms with Crippen molar-refractivity contribution in [3.8, 4) is 17.3 Å². The topological polar surface area (TPSA) is 64.3 Å². The highest BCUT2D eigenvalue weighted by atomic mass is 16.5. The molecule has 200 valence electrons. The zero-order valence-electron chi connectivity index (χ0n) is 22.5. The first-order valence-corrected chi connectivity index (χ1v) is 14.8. The van der Waals surface area contributed by atoms with E-state index < -0.39 is 0 Å². The Labute approximate surface area is 228 Å². The van der Waals surface area contributed by atoms with E-state index in [4.69, 9.17) is 9.72 Å². The van der Waals surface area contributed by atoms with Gasteiger partial charge in [-0.15, -0.1) is 0 Å². The summed E-state index contributed by atoms with van der Waals surface area (Å²) in [5, 5.41) is 4.68. The largest absolute Gasteiger partial charge is 0.494 e. The second kappa shape index (κ2) is 8.10. The number of ether oxygens (including phenoxy) is 1. The molecule has 1 N–H and O–H groups in total.